The first-order chi connectivity index (χ1) is 13.5. The fourth-order valence-corrected chi connectivity index (χ4v) is 5.90. The summed E-state index contributed by atoms with van der Waals surface area (Å²) < 4.78 is 27.2. The molecule has 28 heavy (non-hydrogen) atoms. The number of thioether (sulfide) groups is 2. The third-order valence-corrected chi connectivity index (χ3v) is 7.30. The number of carbonyl (C=O) groups is 2. The smallest absolute Gasteiger partial charge is 0.233 e. The van der Waals surface area contributed by atoms with Crippen molar-refractivity contribution in [1.29, 1.82) is 0 Å². The molecule has 2 aromatic carbocycles. The van der Waals surface area contributed by atoms with E-state index in [0.717, 1.165) is 11.1 Å². The Morgan fingerprint density at radius 1 is 0.786 bits per heavy atom. The van der Waals surface area contributed by atoms with Crippen LogP contribution in [0.5, 0.6) is 0 Å². The summed E-state index contributed by atoms with van der Waals surface area (Å²) in [6.45, 7) is 0.705. The summed E-state index contributed by atoms with van der Waals surface area (Å²) in [6.07, 6.45) is 0. The van der Waals surface area contributed by atoms with Crippen LogP contribution in [0.3, 0.4) is 0 Å². The first kappa shape index (κ1) is 19.3. The van der Waals surface area contributed by atoms with Gasteiger partial charge in [0.05, 0.1) is 11.5 Å². The van der Waals surface area contributed by atoms with E-state index in [1.54, 1.807) is 34.1 Å². The van der Waals surface area contributed by atoms with E-state index in [0.29, 0.717) is 24.6 Å². The van der Waals surface area contributed by atoms with Gasteiger partial charge in [-0.1, -0.05) is 24.3 Å². The monoisotopic (exact) mass is 420 g/mol. The minimum Gasteiger partial charge on any atom is -0.324 e. The molecule has 0 aliphatic carbocycles. The second kappa shape index (κ2) is 8.13. The van der Waals surface area contributed by atoms with Crippen molar-refractivity contribution in [3.63, 3.8) is 0 Å². The zero-order valence-electron chi connectivity index (χ0n) is 14.9. The van der Waals surface area contributed by atoms with Gasteiger partial charge in [-0.3, -0.25) is 9.59 Å². The van der Waals surface area contributed by atoms with E-state index in [1.807, 2.05) is 0 Å². The highest BCUT2D eigenvalue weighted by Crippen LogP contribution is 2.41. The van der Waals surface area contributed by atoms with Crippen LogP contribution in [0, 0.1) is 11.6 Å². The minimum absolute atomic E-state index is 0.0270. The van der Waals surface area contributed by atoms with Crippen molar-refractivity contribution in [3.8, 4) is 0 Å². The third kappa shape index (κ3) is 3.89. The number of hydrogen-bond acceptors (Lipinski definition) is 4. The third-order valence-electron chi connectivity index (χ3n) is 4.79. The Labute approximate surface area is 170 Å². The quantitative estimate of drug-likeness (QED) is 0.738. The van der Waals surface area contributed by atoms with Crippen LogP contribution in [0.2, 0.25) is 0 Å². The van der Waals surface area contributed by atoms with E-state index in [9.17, 15) is 18.4 Å². The molecule has 4 nitrogen and oxygen atoms in total. The molecule has 2 aliphatic rings. The lowest BCUT2D eigenvalue weighted by Crippen LogP contribution is -2.39. The van der Waals surface area contributed by atoms with Crippen LogP contribution in [-0.2, 0) is 9.59 Å². The summed E-state index contributed by atoms with van der Waals surface area (Å²) in [5.41, 5.74) is 1.47. The molecule has 146 valence electrons. The van der Waals surface area contributed by atoms with E-state index in [4.69, 9.17) is 0 Å². The summed E-state index contributed by atoms with van der Waals surface area (Å²) >= 11 is 2.91. The van der Waals surface area contributed by atoms with Crippen molar-refractivity contribution in [2.45, 2.75) is 10.7 Å². The van der Waals surface area contributed by atoms with Gasteiger partial charge in [0, 0.05) is 13.1 Å². The standard InChI is InChI=1S/C20H18F2N2O2S2/c21-15-5-1-3-13(9-15)19-23(17(25)11-27-19)7-8-24-18(26)12-28-20(24)14-4-2-6-16(22)10-14/h1-6,9-10,19-20H,7-8,11-12H2/t19-,20-/m1/s1. The zero-order valence-corrected chi connectivity index (χ0v) is 16.5. The first-order valence-corrected chi connectivity index (χ1v) is 11.0. The van der Waals surface area contributed by atoms with Crippen molar-refractivity contribution in [1.82, 2.24) is 9.80 Å². The van der Waals surface area contributed by atoms with Gasteiger partial charge in [-0.15, -0.1) is 23.5 Å². The molecule has 2 aliphatic heterocycles. The topological polar surface area (TPSA) is 40.6 Å². The van der Waals surface area contributed by atoms with Gasteiger partial charge >= 0.3 is 0 Å². The minimum atomic E-state index is -0.338. The Balaban J connectivity index is 1.50. The second-order valence-corrected chi connectivity index (χ2v) is 8.75. The molecule has 0 spiro atoms. The predicted molar refractivity (Wildman–Crippen MR) is 107 cm³/mol. The van der Waals surface area contributed by atoms with Crippen molar-refractivity contribution >= 4 is 35.3 Å². The molecule has 2 heterocycles. The number of benzene rings is 2. The van der Waals surface area contributed by atoms with E-state index < -0.39 is 0 Å². The van der Waals surface area contributed by atoms with E-state index >= 15 is 0 Å². The van der Waals surface area contributed by atoms with E-state index in [-0.39, 0.29) is 34.2 Å². The maximum atomic E-state index is 13.6. The molecule has 8 heteroatoms. The van der Waals surface area contributed by atoms with Crippen LogP contribution in [-0.4, -0.2) is 46.2 Å². The highest BCUT2D eigenvalue weighted by molar-refractivity contribution is 8.00. The Kier molecular flexibility index (Phi) is 5.59. The van der Waals surface area contributed by atoms with E-state index in [1.165, 1.54) is 47.8 Å². The van der Waals surface area contributed by atoms with Gasteiger partial charge in [-0.25, -0.2) is 8.78 Å². The van der Waals surface area contributed by atoms with Gasteiger partial charge in [0.2, 0.25) is 11.8 Å². The number of halogens is 2. The maximum Gasteiger partial charge on any atom is 0.233 e. The average molecular weight is 421 g/mol. The lowest BCUT2D eigenvalue weighted by atomic mass is 10.2. The number of nitrogens with zero attached hydrogens (tertiary/aromatic N) is 2. The summed E-state index contributed by atoms with van der Waals surface area (Å²) in [5, 5.41) is -0.526. The van der Waals surface area contributed by atoms with Gasteiger partial charge in [-0.05, 0) is 35.4 Å². The van der Waals surface area contributed by atoms with Crippen LogP contribution in [0.1, 0.15) is 21.9 Å². The van der Waals surface area contributed by atoms with Crippen molar-refractivity contribution in [2.75, 3.05) is 24.6 Å². The van der Waals surface area contributed by atoms with Crippen LogP contribution >= 0.6 is 23.5 Å². The Hall–Kier alpha value is -2.06. The summed E-state index contributed by atoms with van der Waals surface area (Å²) in [6, 6.07) is 12.5. The average Bonchev–Trinajstić information content (AvgIpc) is 3.22. The molecule has 4 rings (SSSR count). The van der Waals surface area contributed by atoms with Gasteiger partial charge in [0.25, 0.3) is 0 Å². The van der Waals surface area contributed by atoms with E-state index in [2.05, 4.69) is 0 Å². The number of amides is 2. The molecular formula is C20H18F2N2O2S2. The maximum absolute atomic E-state index is 13.6. The molecule has 0 aromatic heterocycles. The number of rotatable bonds is 5. The van der Waals surface area contributed by atoms with Gasteiger partial charge in [0.15, 0.2) is 0 Å². The van der Waals surface area contributed by atoms with Crippen LogP contribution < -0.4 is 0 Å². The summed E-state index contributed by atoms with van der Waals surface area (Å²) in [5.74, 6) is -0.0693. The number of hydrogen-bond donors (Lipinski definition) is 0. The molecule has 2 aromatic rings. The fourth-order valence-electron chi connectivity index (χ4n) is 3.48. The second-order valence-electron chi connectivity index (χ2n) is 6.61. The predicted octanol–water partition coefficient (Wildman–Crippen LogP) is 3.81. The highest BCUT2D eigenvalue weighted by Gasteiger charge is 2.36. The number of carbonyl (C=O) groups excluding carboxylic acids is 2. The zero-order chi connectivity index (χ0) is 19.7. The Morgan fingerprint density at radius 3 is 1.61 bits per heavy atom. The molecule has 2 saturated heterocycles. The molecule has 0 saturated carbocycles. The SMILES string of the molecule is O=C1CS[C@H](c2cccc(F)c2)N1CCN1C(=O)CS[C@@H]1c1cccc(F)c1. The first-order valence-electron chi connectivity index (χ1n) is 8.86. The van der Waals surface area contributed by atoms with Crippen molar-refractivity contribution < 1.29 is 18.4 Å². The fraction of sp³-hybridized carbons (Fsp3) is 0.300. The highest BCUT2D eigenvalue weighted by atomic mass is 32.2. The molecule has 0 unspecified atom stereocenters. The molecule has 0 radical (unpaired) electrons. The van der Waals surface area contributed by atoms with Crippen LogP contribution in [0.15, 0.2) is 48.5 Å². The molecule has 0 bridgehead atoms. The molecule has 0 N–H and O–H groups in total. The van der Waals surface area contributed by atoms with Crippen LogP contribution in [0.4, 0.5) is 8.78 Å². The Morgan fingerprint density at radius 2 is 1.21 bits per heavy atom. The molecule has 2 atom stereocenters. The normalized spacial score (nSPS) is 22.4. The molecule has 2 amide bonds. The van der Waals surface area contributed by atoms with Gasteiger partial charge in [-0.2, -0.15) is 0 Å². The summed E-state index contributed by atoms with van der Waals surface area (Å²) in [7, 11) is 0. The van der Waals surface area contributed by atoms with Crippen molar-refractivity contribution in [2.24, 2.45) is 0 Å². The summed E-state index contributed by atoms with van der Waals surface area (Å²) in [4.78, 5) is 28.1. The van der Waals surface area contributed by atoms with Crippen molar-refractivity contribution in [3.05, 3.63) is 71.3 Å². The molecular weight excluding hydrogens is 402 g/mol. The lowest BCUT2D eigenvalue weighted by Gasteiger charge is -2.29. The van der Waals surface area contributed by atoms with Crippen LogP contribution in [0.25, 0.3) is 0 Å². The van der Waals surface area contributed by atoms with Gasteiger partial charge < -0.3 is 9.80 Å². The lowest BCUT2D eigenvalue weighted by molar-refractivity contribution is -0.132. The molecule has 2 fully saturated rings. The van der Waals surface area contributed by atoms with Gasteiger partial charge in [0.1, 0.15) is 22.4 Å². The largest absolute Gasteiger partial charge is 0.324 e. The Bertz CT molecular complexity index is 838.